The number of benzene rings is 3. The van der Waals surface area contributed by atoms with Gasteiger partial charge in [0.15, 0.2) is 5.96 Å². The number of guanidine groups is 1. The average Bonchev–Trinajstić information content (AvgIpc) is 2.91. The standard InChI is InChI=1S/C29H28F4N4O/c1-18(22-13-12-21(16-24(22)30)29(31,32)33)36-15-14-25-23(17-36)27(38)37(28(34)35-25)26(19-8-4-2-5-9-19)20-10-6-3-7-11-20/h2-13,16,18,23,25-26H,14-15,17H2,1H3,(H2,34,35). The summed E-state index contributed by atoms with van der Waals surface area (Å²) in [5.74, 6) is -1.46. The van der Waals surface area contributed by atoms with E-state index in [9.17, 15) is 22.4 Å². The Balaban J connectivity index is 1.44. The molecule has 198 valence electrons. The third-order valence-corrected chi connectivity index (χ3v) is 7.52. The molecule has 38 heavy (non-hydrogen) atoms. The highest BCUT2D eigenvalue weighted by Gasteiger charge is 2.45. The van der Waals surface area contributed by atoms with Gasteiger partial charge in [0.1, 0.15) is 5.82 Å². The van der Waals surface area contributed by atoms with Crippen LogP contribution in [0.4, 0.5) is 17.6 Å². The number of likely N-dealkylation sites (tertiary alicyclic amines) is 1. The average molecular weight is 525 g/mol. The highest BCUT2D eigenvalue weighted by atomic mass is 19.4. The second-order valence-corrected chi connectivity index (χ2v) is 9.79. The zero-order valence-corrected chi connectivity index (χ0v) is 20.8. The SMILES string of the molecule is CC(c1ccc(C(F)(F)F)cc1F)N1CCC2N=C(N)N(C(c3ccccc3)c3ccccc3)C(=O)C2C1. The van der Waals surface area contributed by atoms with Crippen LogP contribution in [0.2, 0.25) is 0 Å². The van der Waals surface area contributed by atoms with Gasteiger partial charge in [-0.3, -0.25) is 14.6 Å². The first-order valence-electron chi connectivity index (χ1n) is 12.5. The fourth-order valence-electron chi connectivity index (χ4n) is 5.50. The van der Waals surface area contributed by atoms with E-state index in [-0.39, 0.29) is 30.0 Å². The van der Waals surface area contributed by atoms with E-state index >= 15 is 0 Å². The normalized spacial score (nSPS) is 21.3. The number of rotatable bonds is 5. The summed E-state index contributed by atoms with van der Waals surface area (Å²) in [7, 11) is 0. The molecule has 3 atom stereocenters. The van der Waals surface area contributed by atoms with Gasteiger partial charge in [0.2, 0.25) is 5.91 Å². The molecule has 3 unspecified atom stereocenters. The lowest BCUT2D eigenvalue weighted by Crippen LogP contribution is -2.58. The van der Waals surface area contributed by atoms with Crippen molar-refractivity contribution >= 4 is 11.9 Å². The molecule has 9 heteroatoms. The molecule has 2 aliphatic heterocycles. The molecule has 5 nitrogen and oxygen atoms in total. The van der Waals surface area contributed by atoms with E-state index in [0.717, 1.165) is 17.2 Å². The maximum Gasteiger partial charge on any atom is 0.416 e. The van der Waals surface area contributed by atoms with Crippen molar-refractivity contribution < 1.29 is 22.4 Å². The third kappa shape index (κ3) is 4.90. The number of hydrogen-bond acceptors (Lipinski definition) is 4. The van der Waals surface area contributed by atoms with Gasteiger partial charge in [-0.15, -0.1) is 0 Å². The van der Waals surface area contributed by atoms with Gasteiger partial charge in [-0.25, -0.2) is 9.38 Å². The van der Waals surface area contributed by atoms with Crippen LogP contribution in [0.5, 0.6) is 0 Å². The van der Waals surface area contributed by atoms with E-state index in [0.29, 0.717) is 19.0 Å². The number of nitrogens with zero attached hydrogens (tertiary/aromatic N) is 3. The number of carbonyl (C=O) groups excluding carboxylic acids is 1. The first kappa shape index (κ1) is 25.9. The van der Waals surface area contributed by atoms with Gasteiger partial charge in [-0.05, 0) is 36.6 Å². The van der Waals surface area contributed by atoms with Gasteiger partial charge in [0.25, 0.3) is 0 Å². The molecule has 2 N–H and O–H groups in total. The van der Waals surface area contributed by atoms with Crippen LogP contribution in [0.1, 0.15) is 47.7 Å². The summed E-state index contributed by atoms with van der Waals surface area (Å²) in [6.45, 7) is 2.54. The number of hydrogen-bond donors (Lipinski definition) is 1. The highest BCUT2D eigenvalue weighted by molar-refractivity contribution is 6.00. The number of alkyl halides is 3. The van der Waals surface area contributed by atoms with Crippen molar-refractivity contribution in [2.45, 2.75) is 37.6 Å². The smallest absolute Gasteiger partial charge is 0.369 e. The minimum absolute atomic E-state index is 0.157. The Morgan fingerprint density at radius 1 is 0.974 bits per heavy atom. The fraction of sp³-hybridized carbons (Fsp3) is 0.310. The Kier molecular flexibility index (Phi) is 6.96. The molecule has 1 saturated heterocycles. The summed E-state index contributed by atoms with van der Waals surface area (Å²) >= 11 is 0. The van der Waals surface area contributed by atoms with Crippen LogP contribution in [0.25, 0.3) is 0 Å². The van der Waals surface area contributed by atoms with Crippen molar-refractivity contribution in [1.29, 1.82) is 0 Å². The number of nitrogens with two attached hydrogens (primary N) is 1. The van der Waals surface area contributed by atoms with Crippen molar-refractivity contribution in [2.24, 2.45) is 16.6 Å². The summed E-state index contributed by atoms with van der Waals surface area (Å²) in [5, 5.41) is 0. The molecule has 1 amide bonds. The monoisotopic (exact) mass is 524 g/mol. The molecule has 0 aliphatic carbocycles. The van der Waals surface area contributed by atoms with Crippen LogP contribution < -0.4 is 5.73 Å². The molecule has 3 aromatic rings. The van der Waals surface area contributed by atoms with Crippen LogP contribution in [0.3, 0.4) is 0 Å². The summed E-state index contributed by atoms with van der Waals surface area (Å²) in [6.07, 6.45) is -4.09. The number of amides is 1. The van der Waals surface area contributed by atoms with Crippen LogP contribution in [0, 0.1) is 11.7 Å². The summed E-state index contributed by atoms with van der Waals surface area (Å²) in [4.78, 5) is 22.2. The zero-order chi connectivity index (χ0) is 27.0. The lowest BCUT2D eigenvalue weighted by atomic mass is 9.86. The minimum Gasteiger partial charge on any atom is -0.369 e. The van der Waals surface area contributed by atoms with Gasteiger partial charge in [0.05, 0.1) is 23.6 Å². The molecular weight excluding hydrogens is 496 g/mol. The van der Waals surface area contributed by atoms with E-state index < -0.39 is 35.6 Å². The van der Waals surface area contributed by atoms with Gasteiger partial charge in [-0.1, -0.05) is 66.7 Å². The molecule has 0 spiro atoms. The Hall–Kier alpha value is -3.72. The Labute approximate surface area is 218 Å². The van der Waals surface area contributed by atoms with E-state index in [1.54, 1.807) is 11.8 Å². The largest absolute Gasteiger partial charge is 0.416 e. The highest BCUT2D eigenvalue weighted by Crippen LogP contribution is 2.38. The Morgan fingerprint density at radius 3 is 2.13 bits per heavy atom. The van der Waals surface area contributed by atoms with Crippen LogP contribution in [-0.2, 0) is 11.0 Å². The molecule has 0 bridgehead atoms. The van der Waals surface area contributed by atoms with E-state index in [4.69, 9.17) is 10.7 Å². The van der Waals surface area contributed by atoms with Crippen LogP contribution in [-0.4, -0.2) is 40.8 Å². The topological polar surface area (TPSA) is 61.9 Å². The van der Waals surface area contributed by atoms with Crippen molar-refractivity contribution in [3.8, 4) is 0 Å². The van der Waals surface area contributed by atoms with Crippen molar-refractivity contribution in [2.75, 3.05) is 13.1 Å². The van der Waals surface area contributed by atoms with Gasteiger partial charge < -0.3 is 5.73 Å². The third-order valence-electron chi connectivity index (χ3n) is 7.52. The number of fused-ring (bicyclic) bond motifs is 1. The summed E-state index contributed by atoms with van der Waals surface area (Å²) < 4.78 is 53.8. The maximum absolute atomic E-state index is 14.7. The lowest BCUT2D eigenvalue weighted by Gasteiger charge is -2.45. The first-order valence-corrected chi connectivity index (χ1v) is 12.5. The molecule has 2 aliphatic rings. The second-order valence-electron chi connectivity index (χ2n) is 9.79. The predicted octanol–water partition coefficient (Wildman–Crippen LogP) is 5.54. The van der Waals surface area contributed by atoms with E-state index in [1.165, 1.54) is 6.07 Å². The second kappa shape index (κ2) is 10.2. The number of carbonyl (C=O) groups is 1. The van der Waals surface area contributed by atoms with Gasteiger partial charge in [-0.2, -0.15) is 13.2 Å². The van der Waals surface area contributed by atoms with Crippen molar-refractivity contribution in [3.63, 3.8) is 0 Å². The molecule has 5 rings (SSSR count). The predicted molar refractivity (Wildman–Crippen MR) is 136 cm³/mol. The fourth-order valence-corrected chi connectivity index (χ4v) is 5.50. The quantitative estimate of drug-likeness (QED) is 0.446. The molecule has 0 radical (unpaired) electrons. The van der Waals surface area contributed by atoms with E-state index in [2.05, 4.69) is 0 Å². The number of aliphatic imine (C=N–C) groups is 1. The van der Waals surface area contributed by atoms with Gasteiger partial charge >= 0.3 is 6.18 Å². The number of piperidine rings is 1. The Morgan fingerprint density at radius 2 is 1.58 bits per heavy atom. The summed E-state index contributed by atoms with van der Waals surface area (Å²) in [6, 6.07) is 20.4. The molecule has 0 saturated carbocycles. The molecule has 3 aromatic carbocycles. The Bertz CT molecular complexity index is 1290. The minimum atomic E-state index is -4.62. The van der Waals surface area contributed by atoms with Crippen molar-refractivity contribution in [3.05, 3.63) is 107 Å². The summed E-state index contributed by atoms with van der Waals surface area (Å²) in [5.41, 5.74) is 7.31. The maximum atomic E-state index is 14.7. The van der Waals surface area contributed by atoms with Crippen LogP contribution >= 0.6 is 0 Å². The number of halogens is 4. The first-order chi connectivity index (χ1) is 18.1. The molecule has 0 aromatic heterocycles. The molecular formula is C29H28F4N4O. The van der Waals surface area contributed by atoms with Crippen LogP contribution in [0.15, 0.2) is 83.9 Å². The molecule has 1 fully saturated rings. The van der Waals surface area contributed by atoms with Crippen molar-refractivity contribution in [1.82, 2.24) is 9.80 Å². The van der Waals surface area contributed by atoms with Gasteiger partial charge in [0, 0.05) is 24.7 Å². The zero-order valence-electron chi connectivity index (χ0n) is 20.8. The van der Waals surface area contributed by atoms with E-state index in [1.807, 2.05) is 65.6 Å². The lowest BCUT2D eigenvalue weighted by molar-refractivity contribution is -0.138. The molecule has 2 heterocycles.